The van der Waals surface area contributed by atoms with Crippen LogP contribution in [-0.2, 0) is 42.7 Å². The summed E-state index contributed by atoms with van der Waals surface area (Å²) < 4.78 is 40.8. The fourth-order valence-electron chi connectivity index (χ4n) is 15.3. The number of hydrogen-bond donors (Lipinski definition) is 12. The number of rotatable bonds is 11. The highest BCUT2D eigenvalue weighted by Crippen LogP contribution is 2.76. The van der Waals surface area contributed by atoms with Gasteiger partial charge in [0.05, 0.1) is 50.5 Å². The van der Waals surface area contributed by atoms with Crippen molar-refractivity contribution in [2.75, 3.05) is 33.5 Å². The number of fused-ring (bicyclic) bond motifs is 7. The molecular formula is C49H78O21. The lowest BCUT2D eigenvalue weighted by Crippen LogP contribution is -2.67. The van der Waals surface area contributed by atoms with Gasteiger partial charge in [-0.2, -0.15) is 0 Å². The summed E-state index contributed by atoms with van der Waals surface area (Å²) in [5.41, 5.74) is -3.19. The number of esters is 2. The van der Waals surface area contributed by atoms with Crippen LogP contribution in [-0.4, -0.2) is 205 Å². The lowest BCUT2D eigenvalue weighted by Gasteiger charge is -2.71. The van der Waals surface area contributed by atoms with Gasteiger partial charge in [0.1, 0.15) is 73.2 Å². The van der Waals surface area contributed by atoms with E-state index in [0.717, 1.165) is 5.57 Å². The standard InChI is InChI=1S/C49H78O21/c1-44(42(62)64-6)13-15-49(43(63)70-40-36(60)34(58)31(55)25(19-51)66-40)16-14-47(4)22(23(49)17-44)7-8-28-45(2)11-10-29(46(3,21-53)27(45)9-12-48(28,47)5)68-41-37(61)38(32(56)26(20-52)67-41)69-39-35(59)33(57)30(54)24(18-50)65-39/h7,23-41,50-61H,8-21H2,1-6H3/t23-,24+,25+,26+,27?,28?,29-,30+,31+,32+,33-,34-,35+,36+,37+,38-,39-,40-,41-,44-,45-,46-,47+,48+,49-/m0/s1. The molecule has 4 saturated carbocycles. The van der Waals surface area contributed by atoms with Crippen molar-refractivity contribution in [2.24, 2.45) is 50.2 Å². The first-order valence-corrected chi connectivity index (χ1v) is 25.1. The molecule has 21 nitrogen and oxygen atoms in total. The fraction of sp³-hybridized carbons (Fsp3) is 0.918. The smallest absolute Gasteiger partial charge is 0.315 e. The zero-order valence-corrected chi connectivity index (χ0v) is 41.0. The van der Waals surface area contributed by atoms with E-state index in [1.807, 2.05) is 13.8 Å². The molecule has 400 valence electrons. The average molecular weight is 1000 g/mol. The van der Waals surface area contributed by atoms with Gasteiger partial charge in [-0.05, 0) is 105 Å². The van der Waals surface area contributed by atoms with Gasteiger partial charge in [-0.15, -0.1) is 0 Å². The van der Waals surface area contributed by atoms with Crippen molar-refractivity contribution in [3.05, 3.63) is 11.6 Å². The lowest BCUT2D eigenvalue weighted by molar-refractivity contribution is -0.370. The zero-order valence-electron chi connectivity index (χ0n) is 41.0. The van der Waals surface area contributed by atoms with E-state index in [1.165, 1.54) is 7.11 Å². The van der Waals surface area contributed by atoms with Crippen LogP contribution in [0.5, 0.6) is 0 Å². The first-order chi connectivity index (χ1) is 32.9. The van der Waals surface area contributed by atoms with Crippen molar-refractivity contribution in [1.29, 1.82) is 0 Å². The molecule has 0 radical (unpaired) electrons. The molecule has 0 aromatic heterocycles. The molecule has 3 saturated heterocycles. The van der Waals surface area contributed by atoms with E-state index in [1.54, 1.807) is 0 Å². The topological polar surface area (TPSA) is 342 Å². The Morgan fingerprint density at radius 3 is 1.76 bits per heavy atom. The van der Waals surface area contributed by atoms with Gasteiger partial charge in [-0.1, -0.05) is 39.3 Å². The summed E-state index contributed by atoms with van der Waals surface area (Å²) in [6.45, 7) is 8.19. The first kappa shape index (κ1) is 54.3. The molecule has 5 aliphatic carbocycles. The molecule has 25 atom stereocenters. The molecule has 3 heterocycles. The summed E-state index contributed by atoms with van der Waals surface area (Å²) >= 11 is 0. The summed E-state index contributed by atoms with van der Waals surface area (Å²) in [7, 11) is 1.35. The van der Waals surface area contributed by atoms with E-state index in [2.05, 4.69) is 26.8 Å². The van der Waals surface area contributed by atoms with Crippen molar-refractivity contribution < 1.29 is 104 Å². The van der Waals surface area contributed by atoms with Gasteiger partial charge in [0.2, 0.25) is 6.29 Å². The SMILES string of the molecule is COC(=O)[C@@]1(C)CC[C@]2(C(=O)O[C@@H]3O[C@H](CO)[C@@H](O)[C@H](O)[C@H]3O)CC[C@]3(C)C(=CCC4[C@@]5(C)CC[C@H](O[C@@H]6O[C@H](CO)[C@@H](O)[C@H](O[C@@H]7O[C@H](CO)[C@@H](O)[C@H](O)[C@H]7O)[C@H]6O)[C@@](C)(CO)C5CC[C@]43C)[C@@H]2C1. The molecule has 0 aromatic carbocycles. The van der Waals surface area contributed by atoms with Crippen molar-refractivity contribution in [1.82, 2.24) is 0 Å². The maximum Gasteiger partial charge on any atom is 0.315 e. The van der Waals surface area contributed by atoms with Crippen LogP contribution in [0.2, 0.25) is 0 Å². The first-order valence-electron chi connectivity index (χ1n) is 25.1. The van der Waals surface area contributed by atoms with Crippen LogP contribution in [0, 0.1) is 50.2 Å². The van der Waals surface area contributed by atoms with Crippen molar-refractivity contribution >= 4 is 11.9 Å². The van der Waals surface area contributed by atoms with Crippen molar-refractivity contribution in [2.45, 2.75) is 197 Å². The largest absolute Gasteiger partial charge is 0.469 e. The Labute approximate surface area is 407 Å². The minimum Gasteiger partial charge on any atom is -0.469 e. The van der Waals surface area contributed by atoms with E-state index in [4.69, 9.17) is 33.2 Å². The predicted molar refractivity (Wildman–Crippen MR) is 238 cm³/mol. The third-order valence-corrected chi connectivity index (χ3v) is 19.9. The predicted octanol–water partition coefficient (Wildman–Crippen LogP) is -1.73. The summed E-state index contributed by atoms with van der Waals surface area (Å²) in [6.07, 6.45) is -18.0. The highest BCUT2D eigenvalue weighted by atomic mass is 16.7. The molecule has 0 aromatic rings. The molecule has 21 heteroatoms. The maximum absolute atomic E-state index is 14.8. The van der Waals surface area contributed by atoms with E-state index in [0.29, 0.717) is 51.4 Å². The number of aliphatic hydroxyl groups is 12. The Morgan fingerprint density at radius 2 is 1.17 bits per heavy atom. The Morgan fingerprint density at radius 1 is 0.614 bits per heavy atom. The van der Waals surface area contributed by atoms with E-state index in [-0.39, 0.29) is 42.1 Å². The fourth-order valence-corrected chi connectivity index (χ4v) is 15.3. The molecular weight excluding hydrogens is 925 g/mol. The van der Waals surface area contributed by atoms with Gasteiger partial charge in [0.25, 0.3) is 0 Å². The number of carbonyl (C=O) groups is 2. The minimum atomic E-state index is -1.84. The van der Waals surface area contributed by atoms with Crippen LogP contribution in [0.4, 0.5) is 0 Å². The van der Waals surface area contributed by atoms with Crippen LogP contribution < -0.4 is 0 Å². The highest BCUT2D eigenvalue weighted by molar-refractivity contribution is 5.81. The monoisotopic (exact) mass is 1000 g/mol. The van der Waals surface area contributed by atoms with Gasteiger partial charge in [0, 0.05) is 5.41 Å². The number of hydrogen-bond acceptors (Lipinski definition) is 21. The average Bonchev–Trinajstić information content (AvgIpc) is 3.34. The second-order valence-electron chi connectivity index (χ2n) is 23.2. The van der Waals surface area contributed by atoms with Crippen LogP contribution in [0.25, 0.3) is 0 Å². The van der Waals surface area contributed by atoms with Gasteiger partial charge < -0.3 is 94.4 Å². The molecule has 8 rings (SSSR count). The van der Waals surface area contributed by atoms with Gasteiger partial charge in [-0.3, -0.25) is 9.59 Å². The van der Waals surface area contributed by atoms with Crippen LogP contribution in [0.3, 0.4) is 0 Å². The summed E-state index contributed by atoms with van der Waals surface area (Å²) in [5.74, 6) is -1.61. The number of ether oxygens (including phenoxy) is 7. The van der Waals surface area contributed by atoms with Gasteiger partial charge in [-0.25, -0.2) is 0 Å². The molecule has 0 spiro atoms. The molecule has 2 unspecified atom stereocenters. The third kappa shape index (κ3) is 8.24. The van der Waals surface area contributed by atoms with E-state index in [9.17, 15) is 70.9 Å². The van der Waals surface area contributed by atoms with Gasteiger partial charge in [0.15, 0.2) is 12.6 Å². The number of methoxy groups -OCH3 is 1. The van der Waals surface area contributed by atoms with Crippen LogP contribution in [0.15, 0.2) is 11.6 Å². The highest BCUT2D eigenvalue weighted by Gasteiger charge is 2.71. The Balaban J connectivity index is 1.06. The molecule has 7 fully saturated rings. The molecule has 0 bridgehead atoms. The number of carbonyl (C=O) groups excluding carboxylic acids is 2. The number of allylic oxidation sites excluding steroid dienone is 2. The molecule has 70 heavy (non-hydrogen) atoms. The molecule has 0 amide bonds. The lowest BCUT2D eigenvalue weighted by atomic mass is 9.33. The minimum absolute atomic E-state index is 0.0604. The normalized spacial score (nSPS) is 53.6. The molecule has 3 aliphatic heterocycles. The Hall–Kier alpha value is -2.00. The van der Waals surface area contributed by atoms with Crippen LogP contribution >= 0.6 is 0 Å². The second-order valence-corrected chi connectivity index (χ2v) is 23.2. The molecule has 12 N–H and O–H groups in total. The Kier molecular flexibility index (Phi) is 15.2. The van der Waals surface area contributed by atoms with E-state index < -0.39 is 158 Å². The maximum atomic E-state index is 14.8. The van der Waals surface area contributed by atoms with Crippen LogP contribution in [0.1, 0.15) is 98.8 Å². The van der Waals surface area contributed by atoms with Gasteiger partial charge >= 0.3 is 11.9 Å². The van der Waals surface area contributed by atoms with Crippen molar-refractivity contribution in [3.63, 3.8) is 0 Å². The third-order valence-electron chi connectivity index (χ3n) is 19.9. The zero-order chi connectivity index (χ0) is 51.3. The summed E-state index contributed by atoms with van der Waals surface area (Å²) in [6, 6.07) is 0. The molecule has 8 aliphatic rings. The second kappa shape index (κ2) is 19.6. The quantitative estimate of drug-likeness (QED) is 0.0621. The Bertz CT molecular complexity index is 1940. The van der Waals surface area contributed by atoms with E-state index >= 15 is 0 Å². The summed E-state index contributed by atoms with van der Waals surface area (Å²) in [5, 5.41) is 127. The number of aliphatic hydroxyl groups excluding tert-OH is 12. The van der Waals surface area contributed by atoms with Crippen molar-refractivity contribution in [3.8, 4) is 0 Å². The summed E-state index contributed by atoms with van der Waals surface area (Å²) in [4.78, 5) is 28.3.